The summed E-state index contributed by atoms with van der Waals surface area (Å²) in [6, 6.07) is 14.9. The predicted octanol–water partition coefficient (Wildman–Crippen LogP) is 4.92. The molecule has 0 spiro atoms. The molecule has 156 valence electrons. The van der Waals surface area contributed by atoms with E-state index in [2.05, 4.69) is 12.2 Å². The number of anilines is 1. The summed E-state index contributed by atoms with van der Waals surface area (Å²) in [5.74, 6) is 0.527. The normalized spacial score (nSPS) is 10.4. The Kier molecular flexibility index (Phi) is 9.22. The van der Waals surface area contributed by atoms with Gasteiger partial charge in [-0.15, -0.1) is 0 Å². The van der Waals surface area contributed by atoms with Gasteiger partial charge in [0.15, 0.2) is 0 Å². The largest absolute Gasteiger partial charge is 0.493 e. The molecule has 0 radical (unpaired) electrons. The Morgan fingerprint density at radius 1 is 0.966 bits per heavy atom. The first-order valence-corrected chi connectivity index (χ1v) is 10.3. The lowest BCUT2D eigenvalue weighted by atomic mass is 10.1. The third-order valence-corrected chi connectivity index (χ3v) is 4.73. The van der Waals surface area contributed by atoms with Gasteiger partial charge in [-0.2, -0.15) is 0 Å². The minimum Gasteiger partial charge on any atom is -0.493 e. The molecule has 0 atom stereocenters. The van der Waals surface area contributed by atoms with E-state index in [0.29, 0.717) is 30.8 Å². The number of nitrogens with one attached hydrogen (secondary N) is 1. The van der Waals surface area contributed by atoms with Crippen molar-refractivity contribution >= 4 is 17.5 Å². The average Bonchev–Trinajstić information content (AvgIpc) is 2.73. The van der Waals surface area contributed by atoms with Crippen molar-refractivity contribution in [3.05, 3.63) is 59.7 Å². The molecule has 0 unspecified atom stereocenters. The Morgan fingerprint density at radius 2 is 1.69 bits per heavy atom. The zero-order valence-electron chi connectivity index (χ0n) is 17.7. The monoisotopic (exact) mass is 396 g/mol. The lowest BCUT2D eigenvalue weighted by Gasteiger charge is -2.12. The number of amides is 2. The van der Waals surface area contributed by atoms with E-state index in [1.165, 1.54) is 12.8 Å². The minimum atomic E-state index is -0.190. The summed E-state index contributed by atoms with van der Waals surface area (Å²) in [4.78, 5) is 26.0. The molecule has 5 nitrogen and oxygen atoms in total. The molecular formula is C24H32N2O3. The SMILES string of the molecule is CCCCCCOc1ccccc1C(=O)Nc1ccc(CCC(=O)N(C)C)cc1. The van der Waals surface area contributed by atoms with Gasteiger partial charge in [0, 0.05) is 26.2 Å². The van der Waals surface area contributed by atoms with Crippen LogP contribution in [0.3, 0.4) is 0 Å². The van der Waals surface area contributed by atoms with Crippen molar-refractivity contribution in [3.8, 4) is 5.75 Å². The maximum atomic E-state index is 12.7. The van der Waals surface area contributed by atoms with Crippen LogP contribution in [0.15, 0.2) is 48.5 Å². The first-order valence-electron chi connectivity index (χ1n) is 10.3. The van der Waals surface area contributed by atoms with E-state index < -0.39 is 0 Å². The maximum absolute atomic E-state index is 12.7. The third kappa shape index (κ3) is 7.60. The maximum Gasteiger partial charge on any atom is 0.259 e. The minimum absolute atomic E-state index is 0.105. The van der Waals surface area contributed by atoms with Crippen LogP contribution < -0.4 is 10.1 Å². The fourth-order valence-corrected chi connectivity index (χ4v) is 2.92. The first kappa shape index (κ1) is 22.5. The van der Waals surface area contributed by atoms with Gasteiger partial charge in [0.25, 0.3) is 5.91 Å². The third-order valence-electron chi connectivity index (χ3n) is 4.73. The summed E-state index contributed by atoms with van der Waals surface area (Å²) in [5, 5.41) is 2.93. The molecule has 5 heteroatoms. The Labute approximate surface area is 174 Å². The highest BCUT2D eigenvalue weighted by Gasteiger charge is 2.12. The number of nitrogens with zero attached hydrogens (tertiary/aromatic N) is 1. The summed E-state index contributed by atoms with van der Waals surface area (Å²) in [7, 11) is 3.52. The highest BCUT2D eigenvalue weighted by atomic mass is 16.5. The van der Waals surface area contributed by atoms with Crippen LogP contribution in [-0.2, 0) is 11.2 Å². The van der Waals surface area contributed by atoms with Crippen LogP contribution in [0.1, 0.15) is 54.9 Å². The standard InChI is InChI=1S/C24H32N2O3/c1-4-5-6-9-18-29-22-11-8-7-10-21(22)24(28)25-20-15-12-19(13-16-20)14-17-23(27)26(2)3/h7-8,10-13,15-16H,4-6,9,14,17-18H2,1-3H3,(H,25,28). The molecule has 29 heavy (non-hydrogen) atoms. The number of para-hydroxylation sites is 1. The van der Waals surface area contributed by atoms with Gasteiger partial charge in [0.2, 0.25) is 5.91 Å². The average molecular weight is 397 g/mol. The second-order valence-corrected chi connectivity index (χ2v) is 7.34. The fourth-order valence-electron chi connectivity index (χ4n) is 2.92. The Balaban J connectivity index is 1.92. The van der Waals surface area contributed by atoms with Crippen molar-refractivity contribution in [3.63, 3.8) is 0 Å². The van der Waals surface area contributed by atoms with Crippen LogP contribution in [-0.4, -0.2) is 37.4 Å². The molecule has 0 aromatic heterocycles. The molecule has 2 aromatic carbocycles. The Hall–Kier alpha value is -2.82. The number of unbranched alkanes of at least 4 members (excludes halogenated alkanes) is 3. The van der Waals surface area contributed by atoms with E-state index in [-0.39, 0.29) is 11.8 Å². The lowest BCUT2D eigenvalue weighted by Crippen LogP contribution is -2.21. The quantitative estimate of drug-likeness (QED) is 0.549. The van der Waals surface area contributed by atoms with E-state index >= 15 is 0 Å². The number of hydrogen-bond acceptors (Lipinski definition) is 3. The van der Waals surface area contributed by atoms with Crippen molar-refractivity contribution in [2.24, 2.45) is 0 Å². The molecule has 2 amide bonds. The molecule has 1 N–H and O–H groups in total. The summed E-state index contributed by atoms with van der Waals surface area (Å²) in [6.07, 6.45) is 5.66. The van der Waals surface area contributed by atoms with Crippen LogP contribution in [0, 0.1) is 0 Å². The Bertz CT molecular complexity index is 785. The zero-order chi connectivity index (χ0) is 21.1. The molecule has 0 heterocycles. The smallest absolute Gasteiger partial charge is 0.259 e. The molecular weight excluding hydrogens is 364 g/mol. The second-order valence-electron chi connectivity index (χ2n) is 7.34. The summed E-state index contributed by atoms with van der Waals surface area (Å²) < 4.78 is 5.84. The van der Waals surface area contributed by atoms with Gasteiger partial charge < -0.3 is 15.0 Å². The number of rotatable bonds is 11. The predicted molar refractivity (Wildman–Crippen MR) is 117 cm³/mol. The number of ether oxygens (including phenoxy) is 1. The van der Waals surface area contributed by atoms with Crippen molar-refractivity contribution < 1.29 is 14.3 Å². The van der Waals surface area contributed by atoms with Crippen LogP contribution >= 0.6 is 0 Å². The highest BCUT2D eigenvalue weighted by Crippen LogP contribution is 2.21. The second kappa shape index (κ2) is 11.9. The summed E-state index contributed by atoms with van der Waals surface area (Å²) in [6.45, 7) is 2.79. The van der Waals surface area contributed by atoms with Gasteiger partial charge in [-0.1, -0.05) is 50.5 Å². The van der Waals surface area contributed by atoms with E-state index in [1.807, 2.05) is 42.5 Å². The lowest BCUT2D eigenvalue weighted by molar-refractivity contribution is -0.128. The van der Waals surface area contributed by atoms with E-state index in [0.717, 1.165) is 24.1 Å². The van der Waals surface area contributed by atoms with Gasteiger partial charge in [0.1, 0.15) is 5.75 Å². The van der Waals surface area contributed by atoms with Gasteiger partial charge in [-0.25, -0.2) is 0 Å². The van der Waals surface area contributed by atoms with Crippen molar-refractivity contribution in [1.82, 2.24) is 4.90 Å². The summed E-state index contributed by atoms with van der Waals surface area (Å²) in [5.41, 5.74) is 2.31. The van der Waals surface area contributed by atoms with Crippen molar-refractivity contribution in [1.29, 1.82) is 0 Å². The van der Waals surface area contributed by atoms with Gasteiger partial charge in [-0.3, -0.25) is 9.59 Å². The Morgan fingerprint density at radius 3 is 2.38 bits per heavy atom. The molecule has 2 rings (SSSR count). The molecule has 2 aromatic rings. The zero-order valence-corrected chi connectivity index (χ0v) is 17.7. The van der Waals surface area contributed by atoms with Gasteiger partial charge in [0.05, 0.1) is 12.2 Å². The van der Waals surface area contributed by atoms with Crippen LogP contribution in [0.25, 0.3) is 0 Å². The fraction of sp³-hybridized carbons (Fsp3) is 0.417. The number of benzene rings is 2. The first-order chi connectivity index (χ1) is 14.0. The number of aryl methyl sites for hydroxylation is 1. The number of carbonyl (C=O) groups excluding carboxylic acids is 2. The molecule has 0 aliphatic heterocycles. The molecule has 0 fully saturated rings. The van der Waals surface area contributed by atoms with E-state index in [9.17, 15) is 9.59 Å². The van der Waals surface area contributed by atoms with Gasteiger partial charge >= 0.3 is 0 Å². The van der Waals surface area contributed by atoms with E-state index in [1.54, 1.807) is 25.1 Å². The number of carbonyl (C=O) groups is 2. The van der Waals surface area contributed by atoms with Crippen LogP contribution in [0.5, 0.6) is 5.75 Å². The molecule has 0 saturated heterocycles. The molecule has 0 saturated carbocycles. The van der Waals surface area contributed by atoms with E-state index in [4.69, 9.17) is 4.74 Å². The summed E-state index contributed by atoms with van der Waals surface area (Å²) >= 11 is 0. The molecule has 0 bridgehead atoms. The molecule has 0 aliphatic rings. The van der Waals surface area contributed by atoms with Crippen LogP contribution in [0.2, 0.25) is 0 Å². The van der Waals surface area contributed by atoms with Crippen molar-refractivity contribution in [2.45, 2.75) is 45.4 Å². The number of hydrogen-bond donors (Lipinski definition) is 1. The van der Waals surface area contributed by atoms with Crippen LogP contribution in [0.4, 0.5) is 5.69 Å². The topological polar surface area (TPSA) is 58.6 Å². The molecule has 0 aliphatic carbocycles. The highest BCUT2D eigenvalue weighted by molar-refractivity contribution is 6.06. The van der Waals surface area contributed by atoms with Gasteiger partial charge in [-0.05, 0) is 42.7 Å². The van der Waals surface area contributed by atoms with Crippen molar-refractivity contribution in [2.75, 3.05) is 26.0 Å².